The molecule has 2 aliphatic rings. The second-order valence-electron chi connectivity index (χ2n) is 7.44. The van der Waals surface area contributed by atoms with Crippen LogP contribution in [-0.2, 0) is 11.3 Å². The molecule has 0 radical (unpaired) electrons. The van der Waals surface area contributed by atoms with Crippen LogP contribution in [0, 0.1) is 0 Å². The molecule has 0 aliphatic carbocycles. The number of ether oxygens (including phenoxy) is 2. The lowest BCUT2D eigenvalue weighted by molar-refractivity contribution is -0.188. The quantitative estimate of drug-likeness (QED) is 0.834. The third kappa shape index (κ3) is 4.02. The van der Waals surface area contributed by atoms with Gasteiger partial charge >= 0.3 is 0 Å². The second-order valence-corrected chi connectivity index (χ2v) is 8.56. The lowest BCUT2D eigenvalue weighted by Gasteiger charge is -2.46. The van der Waals surface area contributed by atoms with E-state index in [1.54, 1.807) is 18.4 Å². The zero-order valence-corrected chi connectivity index (χ0v) is 16.3. The molecule has 1 aromatic carbocycles. The number of aliphatic hydroxyl groups excluding tert-OH is 2. The van der Waals surface area contributed by atoms with E-state index in [1.807, 2.05) is 30.5 Å². The Bertz CT molecular complexity index is 773. The number of likely N-dealkylation sites (tertiary alicyclic amines) is 1. The van der Waals surface area contributed by atoms with Gasteiger partial charge in [-0.1, -0.05) is 12.1 Å². The van der Waals surface area contributed by atoms with Gasteiger partial charge in [-0.15, -0.1) is 11.3 Å². The third-order valence-electron chi connectivity index (χ3n) is 5.62. The Morgan fingerprint density at radius 2 is 2.04 bits per heavy atom. The maximum Gasteiger partial charge on any atom is 0.129 e. The van der Waals surface area contributed by atoms with E-state index in [9.17, 15) is 10.2 Å². The van der Waals surface area contributed by atoms with Gasteiger partial charge in [-0.3, -0.25) is 4.90 Å². The number of methoxy groups -OCH3 is 1. The van der Waals surface area contributed by atoms with Crippen molar-refractivity contribution < 1.29 is 19.7 Å². The van der Waals surface area contributed by atoms with E-state index in [0.29, 0.717) is 6.42 Å². The molecule has 6 nitrogen and oxygen atoms in total. The molecule has 1 spiro atoms. The summed E-state index contributed by atoms with van der Waals surface area (Å²) in [4.78, 5) is 8.23. The average molecular weight is 391 g/mol. The Morgan fingerprint density at radius 3 is 2.78 bits per heavy atom. The topological polar surface area (TPSA) is 75.1 Å². The second kappa shape index (κ2) is 7.85. The molecule has 146 valence electrons. The highest BCUT2D eigenvalue weighted by atomic mass is 32.1. The lowest BCUT2D eigenvalue weighted by atomic mass is 9.82. The average Bonchev–Trinajstić information content (AvgIpc) is 3.15. The number of aromatic nitrogens is 1. The van der Waals surface area contributed by atoms with Gasteiger partial charge in [-0.05, 0) is 25.0 Å². The van der Waals surface area contributed by atoms with Crippen LogP contribution in [-0.4, -0.2) is 64.7 Å². The number of benzene rings is 1. The SMILES string of the molecule is COc1ccccc1-c1ncc(CN2CCC3(CC2)C[C@@H](O)[C@@H](O)CO3)s1. The van der Waals surface area contributed by atoms with Crippen LogP contribution in [0.15, 0.2) is 30.5 Å². The zero-order valence-electron chi connectivity index (χ0n) is 15.5. The van der Waals surface area contributed by atoms with Gasteiger partial charge in [0.1, 0.15) is 16.9 Å². The van der Waals surface area contributed by atoms with E-state index in [4.69, 9.17) is 9.47 Å². The first-order valence-corrected chi connectivity index (χ1v) is 10.2. The van der Waals surface area contributed by atoms with Crippen LogP contribution in [0.5, 0.6) is 5.75 Å². The number of nitrogens with zero attached hydrogens (tertiary/aromatic N) is 2. The molecular formula is C20H26N2O4S. The van der Waals surface area contributed by atoms with Crippen molar-refractivity contribution >= 4 is 11.3 Å². The third-order valence-corrected chi connectivity index (χ3v) is 6.64. The summed E-state index contributed by atoms with van der Waals surface area (Å²) in [5, 5.41) is 20.6. The Labute approximate surface area is 163 Å². The molecule has 2 fully saturated rings. The van der Waals surface area contributed by atoms with Crippen molar-refractivity contribution in [3.8, 4) is 16.3 Å². The van der Waals surface area contributed by atoms with Crippen LogP contribution >= 0.6 is 11.3 Å². The number of hydrogen-bond donors (Lipinski definition) is 2. The smallest absolute Gasteiger partial charge is 0.129 e. The van der Waals surface area contributed by atoms with Crippen LogP contribution in [0.1, 0.15) is 24.1 Å². The number of piperidine rings is 1. The molecule has 2 N–H and O–H groups in total. The summed E-state index contributed by atoms with van der Waals surface area (Å²) in [7, 11) is 1.68. The van der Waals surface area contributed by atoms with Crippen molar-refractivity contribution in [3.05, 3.63) is 35.3 Å². The van der Waals surface area contributed by atoms with Gasteiger partial charge in [0, 0.05) is 37.1 Å². The minimum absolute atomic E-state index is 0.234. The molecule has 4 rings (SSSR count). The van der Waals surface area contributed by atoms with E-state index in [2.05, 4.69) is 9.88 Å². The van der Waals surface area contributed by atoms with Gasteiger partial charge in [-0.2, -0.15) is 0 Å². The van der Waals surface area contributed by atoms with Crippen molar-refractivity contribution in [2.45, 2.75) is 43.6 Å². The molecule has 2 aliphatic heterocycles. The monoisotopic (exact) mass is 390 g/mol. The maximum atomic E-state index is 9.99. The van der Waals surface area contributed by atoms with Gasteiger partial charge < -0.3 is 19.7 Å². The van der Waals surface area contributed by atoms with Crippen LogP contribution < -0.4 is 4.74 Å². The van der Waals surface area contributed by atoms with Crippen molar-refractivity contribution in [2.24, 2.45) is 0 Å². The summed E-state index contributed by atoms with van der Waals surface area (Å²) in [5.74, 6) is 0.841. The number of rotatable bonds is 4. The molecule has 0 saturated carbocycles. The van der Waals surface area contributed by atoms with Crippen LogP contribution in [0.2, 0.25) is 0 Å². The fraction of sp³-hybridized carbons (Fsp3) is 0.550. The largest absolute Gasteiger partial charge is 0.496 e. The number of para-hydroxylation sites is 1. The molecular weight excluding hydrogens is 364 g/mol. The Kier molecular flexibility index (Phi) is 5.48. The molecule has 1 aromatic heterocycles. The van der Waals surface area contributed by atoms with Gasteiger partial charge in [0.15, 0.2) is 0 Å². The normalized spacial score (nSPS) is 25.6. The van der Waals surface area contributed by atoms with E-state index in [0.717, 1.165) is 48.8 Å². The van der Waals surface area contributed by atoms with Crippen LogP contribution in [0.25, 0.3) is 10.6 Å². The Balaban J connectivity index is 1.37. The molecule has 2 saturated heterocycles. The standard InChI is InChI=1S/C20H26N2O4S/c1-25-18-5-3-2-4-15(18)19-21-11-14(27-19)12-22-8-6-20(7-9-22)10-16(23)17(24)13-26-20/h2-5,11,16-17,23-24H,6-10,12-13H2,1H3/t16-,17+/m1/s1. The molecule has 7 heteroatoms. The van der Waals surface area contributed by atoms with Crippen LogP contribution in [0.4, 0.5) is 0 Å². The van der Waals surface area contributed by atoms with E-state index in [-0.39, 0.29) is 12.2 Å². The highest BCUT2D eigenvalue weighted by molar-refractivity contribution is 7.15. The number of thiazole rings is 1. The molecule has 2 atom stereocenters. The fourth-order valence-corrected chi connectivity index (χ4v) is 4.95. The summed E-state index contributed by atoms with van der Waals surface area (Å²) in [5.41, 5.74) is 0.753. The highest BCUT2D eigenvalue weighted by Crippen LogP contribution is 2.37. The Morgan fingerprint density at radius 1 is 1.26 bits per heavy atom. The number of aliphatic hydroxyl groups is 2. The predicted molar refractivity (Wildman–Crippen MR) is 104 cm³/mol. The first kappa shape index (κ1) is 18.8. The summed E-state index contributed by atoms with van der Waals surface area (Å²) in [6, 6.07) is 7.95. The molecule has 2 aromatic rings. The molecule has 3 heterocycles. The summed E-state index contributed by atoms with van der Waals surface area (Å²) in [6.45, 7) is 2.95. The van der Waals surface area contributed by atoms with Gasteiger partial charge in [0.25, 0.3) is 0 Å². The predicted octanol–water partition coefficient (Wildman–Crippen LogP) is 2.30. The van der Waals surface area contributed by atoms with Crippen LogP contribution in [0.3, 0.4) is 0 Å². The Hall–Kier alpha value is -1.51. The molecule has 0 amide bonds. The van der Waals surface area contributed by atoms with E-state index in [1.165, 1.54) is 4.88 Å². The maximum absolute atomic E-state index is 9.99. The van der Waals surface area contributed by atoms with Gasteiger partial charge in [0.05, 0.1) is 31.0 Å². The molecule has 0 unspecified atom stereocenters. The minimum atomic E-state index is -0.751. The minimum Gasteiger partial charge on any atom is -0.496 e. The molecule has 27 heavy (non-hydrogen) atoms. The first-order valence-electron chi connectivity index (χ1n) is 9.39. The molecule has 0 bridgehead atoms. The fourth-order valence-electron chi connectivity index (χ4n) is 3.96. The van der Waals surface area contributed by atoms with Gasteiger partial charge in [-0.25, -0.2) is 4.98 Å². The van der Waals surface area contributed by atoms with Crippen molar-refractivity contribution in [1.29, 1.82) is 0 Å². The van der Waals surface area contributed by atoms with Crippen molar-refractivity contribution in [3.63, 3.8) is 0 Å². The van der Waals surface area contributed by atoms with E-state index < -0.39 is 12.2 Å². The van der Waals surface area contributed by atoms with Crippen molar-refractivity contribution in [1.82, 2.24) is 9.88 Å². The van der Waals surface area contributed by atoms with Crippen molar-refractivity contribution in [2.75, 3.05) is 26.8 Å². The number of hydrogen-bond acceptors (Lipinski definition) is 7. The van der Waals surface area contributed by atoms with E-state index >= 15 is 0 Å². The first-order chi connectivity index (χ1) is 13.1. The summed E-state index contributed by atoms with van der Waals surface area (Å²) in [6.07, 6.45) is 2.83. The highest BCUT2D eigenvalue weighted by Gasteiger charge is 2.42. The summed E-state index contributed by atoms with van der Waals surface area (Å²) >= 11 is 1.70. The lowest BCUT2D eigenvalue weighted by Crippen LogP contribution is -2.54. The van der Waals surface area contributed by atoms with Gasteiger partial charge in [0.2, 0.25) is 0 Å². The summed E-state index contributed by atoms with van der Waals surface area (Å²) < 4.78 is 11.4. The zero-order chi connectivity index (χ0) is 18.9.